The Hall–Kier alpha value is -2.00. The van der Waals surface area contributed by atoms with Gasteiger partial charge in [0.25, 0.3) is 5.56 Å². The van der Waals surface area contributed by atoms with Crippen molar-refractivity contribution in [3.05, 3.63) is 40.4 Å². The average Bonchev–Trinajstić information content (AvgIpc) is 3.05. The zero-order chi connectivity index (χ0) is 18.9. The minimum Gasteiger partial charge on any atom is -0.504 e. The Labute approximate surface area is 157 Å². The second-order valence-corrected chi connectivity index (χ2v) is 7.64. The van der Waals surface area contributed by atoms with Gasteiger partial charge in [-0.1, -0.05) is 0 Å². The first kappa shape index (κ1) is 18.4. The van der Waals surface area contributed by atoms with Gasteiger partial charge in [0.1, 0.15) is 5.60 Å². The Balaban J connectivity index is 1.53. The molecule has 0 bridgehead atoms. The van der Waals surface area contributed by atoms with E-state index in [0.29, 0.717) is 45.1 Å². The van der Waals surface area contributed by atoms with Crippen molar-refractivity contribution < 1.29 is 14.9 Å². The third-order valence-electron chi connectivity index (χ3n) is 5.27. The maximum atomic E-state index is 12.3. The van der Waals surface area contributed by atoms with Crippen LogP contribution in [0.1, 0.15) is 18.5 Å². The summed E-state index contributed by atoms with van der Waals surface area (Å²) in [6.45, 7) is 5.02. The number of hydrogen-bond acceptors (Lipinski definition) is 7. The molecule has 2 aromatic heterocycles. The van der Waals surface area contributed by atoms with E-state index < -0.39 is 5.60 Å². The van der Waals surface area contributed by atoms with Crippen LogP contribution in [-0.4, -0.2) is 80.9 Å². The van der Waals surface area contributed by atoms with Gasteiger partial charge in [0, 0.05) is 38.4 Å². The van der Waals surface area contributed by atoms with Crippen molar-refractivity contribution in [3.63, 3.8) is 0 Å². The summed E-state index contributed by atoms with van der Waals surface area (Å²) in [5, 5.41) is 21.1. The molecule has 2 saturated heterocycles. The largest absolute Gasteiger partial charge is 0.504 e. The summed E-state index contributed by atoms with van der Waals surface area (Å²) in [7, 11) is 0. The van der Waals surface area contributed by atoms with Crippen LogP contribution in [0.15, 0.2) is 29.2 Å². The van der Waals surface area contributed by atoms with E-state index in [4.69, 9.17) is 4.74 Å². The molecule has 146 valence electrons. The second kappa shape index (κ2) is 7.55. The van der Waals surface area contributed by atoms with Crippen LogP contribution in [0.4, 0.5) is 0 Å². The number of pyridine rings is 1. The van der Waals surface area contributed by atoms with Crippen LogP contribution in [0.25, 0.3) is 5.65 Å². The standard InChI is InChI=1S/C19H26N4O4/c24-16-4-3-7-23-17(25)10-15(20-18(16)23)11-22-8-9-27-14-19(26,13-22)12-21-5-1-2-6-21/h3-4,7,10,24,26H,1-2,5-6,8-9,11-14H2. The lowest BCUT2D eigenvalue weighted by atomic mass is 10.0. The molecule has 1 atom stereocenters. The molecule has 8 heteroatoms. The lowest BCUT2D eigenvalue weighted by Gasteiger charge is -2.33. The third kappa shape index (κ3) is 4.14. The van der Waals surface area contributed by atoms with Gasteiger partial charge in [-0.25, -0.2) is 4.98 Å². The van der Waals surface area contributed by atoms with Crippen LogP contribution in [-0.2, 0) is 11.3 Å². The Morgan fingerprint density at radius 1 is 1.22 bits per heavy atom. The molecule has 2 N–H and O–H groups in total. The number of β-amino-alcohol motifs (C(OH)–C–C–N with tert-alkyl or cyclic N) is 1. The van der Waals surface area contributed by atoms with Gasteiger partial charge in [0.05, 0.1) is 18.9 Å². The minimum absolute atomic E-state index is 0.0267. The third-order valence-corrected chi connectivity index (χ3v) is 5.27. The molecule has 1 unspecified atom stereocenters. The van der Waals surface area contributed by atoms with E-state index in [0.717, 1.165) is 13.1 Å². The molecule has 0 spiro atoms. The lowest BCUT2D eigenvalue weighted by molar-refractivity contribution is -0.0549. The van der Waals surface area contributed by atoms with Gasteiger partial charge in [-0.2, -0.15) is 0 Å². The normalized spacial score (nSPS) is 25.1. The highest BCUT2D eigenvalue weighted by molar-refractivity contribution is 5.52. The average molecular weight is 374 g/mol. The summed E-state index contributed by atoms with van der Waals surface area (Å²) in [5.74, 6) is -0.0267. The highest BCUT2D eigenvalue weighted by atomic mass is 16.5. The second-order valence-electron chi connectivity index (χ2n) is 7.64. The summed E-state index contributed by atoms with van der Waals surface area (Å²) in [5.41, 5.74) is -0.343. The lowest BCUT2D eigenvalue weighted by Crippen LogP contribution is -2.51. The van der Waals surface area contributed by atoms with Gasteiger partial charge in [0.15, 0.2) is 11.4 Å². The molecule has 27 heavy (non-hydrogen) atoms. The molecule has 2 aliphatic rings. The Morgan fingerprint density at radius 3 is 2.85 bits per heavy atom. The maximum absolute atomic E-state index is 12.3. The Morgan fingerprint density at radius 2 is 2.04 bits per heavy atom. The molecular formula is C19H26N4O4. The van der Waals surface area contributed by atoms with Crippen LogP contribution < -0.4 is 5.56 Å². The van der Waals surface area contributed by atoms with E-state index in [-0.39, 0.29) is 17.0 Å². The number of hydrogen-bond donors (Lipinski definition) is 2. The molecule has 2 aromatic rings. The van der Waals surface area contributed by atoms with Crippen LogP contribution >= 0.6 is 0 Å². The van der Waals surface area contributed by atoms with Crippen molar-refractivity contribution in [2.75, 3.05) is 45.9 Å². The predicted molar refractivity (Wildman–Crippen MR) is 99.8 cm³/mol. The first-order valence-corrected chi connectivity index (χ1v) is 9.48. The summed E-state index contributed by atoms with van der Waals surface area (Å²) in [6.07, 6.45) is 3.94. The maximum Gasteiger partial charge on any atom is 0.258 e. The van der Waals surface area contributed by atoms with Crippen molar-refractivity contribution in [1.29, 1.82) is 0 Å². The van der Waals surface area contributed by atoms with Gasteiger partial charge >= 0.3 is 0 Å². The van der Waals surface area contributed by atoms with E-state index in [1.54, 1.807) is 12.3 Å². The minimum atomic E-state index is -0.936. The number of aromatic nitrogens is 2. The number of nitrogens with zero attached hydrogens (tertiary/aromatic N) is 4. The number of ether oxygens (including phenoxy) is 1. The van der Waals surface area contributed by atoms with Crippen LogP contribution in [0.2, 0.25) is 0 Å². The summed E-state index contributed by atoms with van der Waals surface area (Å²) in [4.78, 5) is 21.1. The van der Waals surface area contributed by atoms with E-state index in [9.17, 15) is 15.0 Å². The molecule has 0 amide bonds. The van der Waals surface area contributed by atoms with Gasteiger partial charge in [0.2, 0.25) is 0 Å². The summed E-state index contributed by atoms with van der Waals surface area (Å²) >= 11 is 0. The molecule has 0 saturated carbocycles. The van der Waals surface area contributed by atoms with Crippen molar-refractivity contribution >= 4 is 5.65 Å². The van der Waals surface area contributed by atoms with Crippen LogP contribution in [0, 0.1) is 0 Å². The van der Waals surface area contributed by atoms with Crippen molar-refractivity contribution in [2.24, 2.45) is 0 Å². The fourth-order valence-electron chi connectivity index (χ4n) is 4.05. The monoisotopic (exact) mass is 374 g/mol. The van der Waals surface area contributed by atoms with E-state index >= 15 is 0 Å². The highest BCUT2D eigenvalue weighted by Crippen LogP contribution is 2.19. The van der Waals surface area contributed by atoms with Crippen molar-refractivity contribution in [3.8, 4) is 5.75 Å². The number of likely N-dealkylation sites (tertiary alicyclic amines) is 1. The highest BCUT2D eigenvalue weighted by Gasteiger charge is 2.35. The Bertz CT molecular complexity index is 864. The van der Waals surface area contributed by atoms with Crippen molar-refractivity contribution in [1.82, 2.24) is 19.2 Å². The number of aliphatic hydroxyl groups is 1. The Kier molecular flexibility index (Phi) is 5.14. The van der Waals surface area contributed by atoms with E-state index in [2.05, 4.69) is 14.8 Å². The first-order valence-electron chi connectivity index (χ1n) is 9.48. The number of rotatable bonds is 4. The van der Waals surface area contributed by atoms with Gasteiger partial charge in [-0.05, 0) is 38.1 Å². The molecule has 4 heterocycles. The van der Waals surface area contributed by atoms with Crippen LogP contribution in [0.5, 0.6) is 5.75 Å². The molecule has 2 aliphatic heterocycles. The molecule has 2 fully saturated rings. The quantitative estimate of drug-likeness (QED) is 0.782. The van der Waals surface area contributed by atoms with Gasteiger partial charge < -0.3 is 19.8 Å². The molecular weight excluding hydrogens is 348 g/mol. The predicted octanol–water partition coefficient (Wildman–Crippen LogP) is 0.0592. The fourth-order valence-corrected chi connectivity index (χ4v) is 4.05. The van der Waals surface area contributed by atoms with Gasteiger partial charge in [-0.15, -0.1) is 0 Å². The van der Waals surface area contributed by atoms with E-state index in [1.165, 1.54) is 29.4 Å². The van der Waals surface area contributed by atoms with Crippen molar-refractivity contribution in [2.45, 2.75) is 25.0 Å². The summed E-state index contributed by atoms with van der Waals surface area (Å²) < 4.78 is 6.98. The van der Waals surface area contributed by atoms with Crippen LogP contribution in [0.3, 0.4) is 0 Å². The molecule has 0 radical (unpaired) electrons. The molecule has 8 nitrogen and oxygen atoms in total. The zero-order valence-corrected chi connectivity index (χ0v) is 15.4. The topological polar surface area (TPSA) is 90.5 Å². The molecule has 0 aromatic carbocycles. The molecule has 0 aliphatic carbocycles. The molecule has 4 rings (SSSR count). The van der Waals surface area contributed by atoms with Gasteiger partial charge in [-0.3, -0.25) is 14.1 Å². The smallest absolute Gasteiger partial charge is 0.258 e. The SMILES string of the molecule is O=c1cc(CN2CCOCC(O)(CN3CCCC3)C2)nc2c(O)cccn12. The number of aromatic hydroxyl groups is 1. The number of fused-ring (bicyclic) bond motifs is 1. The zero-order valence-electron chi connectivity index (χ0n) is 15.4. The fraction of sp³-hybridized carbons (Fsp3) is 0.579. The first-order chi connectivity index (χ1) is 13.0. The summed E-state index contributed by atoms with van der Waals surface area (Å²) in [6, 6.07) is 4.60. The van der Waals surface area contributed by atoms with E-state index in [1.807, 2.05) is 0 Å².